The van der Waals surface area contributed by atoms with Crippen LogP contribution >= 0.6 is 23.4 Å². The van der Waals surface area contributed by atoms with Gasteiger partial charge in [0.2, 0.25) is 0 Å². The lowest BCUT2D eigenvalue weighted by molar-refractivity contribution is -0.134. The summed E-state index contributed by atoms with van der Waals surface area (Å²) in [5.41, 5.74) is 3.48. The molecule has 1 aliphatic heterocycles. The zero-order chi connectivity index (χ0) is 25.0. The number of benzene rings is 2. The van der Waals surface area contributed by atoms with Crippen molar-refractivity contribution in [3.05, 3.63) is 95.7 Å². The fourth-order valence-corrected chi connectivity index (χ4v) is 4.80. The summed E-state index contributed by atoms with van der Waals surface area (Å²) in [5.74, 6) is -2.51. The third-order valence-electron chi connectivity index (χ3n) is 4.96. The fraction of sp³-hybridized carbons (Fsp3) is 0.192. The van der Waals surface area contributed by atoms with Crippen LogP contribution in [0.5, 0.6) is 0 Å². The number of nitrogens with one attached hydrogen (secondary N) is 1. The van der Waals surface area contributed by atoms with Crippen molar-refractivity contribution < 1.29 is 24.5 Å². The summed E-state index contributed by atoms with van der Waals surface area (Å²) < 4.78 is 6.10. The van der Waals surface area contributed by atoms with Gasteiger partial charge in [-0.15, -0.1) is 0 Å². The average Bonchev–Trinajstić information content (AvgIpc) is 2.88. The number of pyridine rings is 1. The van der Waals surface area contributed by atoms with Crippen LogP contribution in [-0.2, 0) is 14.3 Å². The van der Waals surface area contributed by atoms with Gasteiger partial charge in [0, 0.05) is 42.0 Å². The molecule has 2 heterocycles. The predicted molar refractivity (Wildman–Crippen MR) is 137 cm³/mol. The van der Waals surface area contributed by atoms with Crippen LogP contribution in [0.1, 0.15) is 10.8 Å². The first-order valence-electron chi connectivity index (χ1n) is 10.8. The Labute approximate surface area is 212 Å². The molecule has 1 fully saturated rings. The van der Waals surface area contributed by atoms with Gasteiger partial charge in [-0.3, -0.25) is 0 Å². The highest BCUT2D eigenvalue weighted by molar-refractivity contribution is 7.99. The molecule has 3 N–H and O–H groups in total. The quantitative estimate of drug-likeness (QED) is 0.302. The molecule has 35 heavy (non-hydrogen) atoms. The number of nitrogens with zero attached hydrogens (tertiary/aromatic N) is 1. The summed E-state index contributed by atoms with van der Waals surface area (Å²) in [4.78, 5) is 23.8. The van der Waals surface area contributed by atoms with Crippen LogP contribution in [0.4, 0.5) is 0 Å². The highest BCUT2D eigenvalue weighted by Gasteiger charge is 2.28. The monoisotopic (exact) mass is 512 g/mol. The van der Waals surface area contributed by atoms with Crippen molar-refractivity contribution in [2.75, 3.05) is 19.7 Å². The number of hydrogen-bond donors (Lipinski definition) is 3. The SMILES string of the molecule is Clc1ccc(-c2cccnc2S[C@@H](c2ccccc2)[C@@H]2CNCCO2)cc1.O=C(O)/C=C/C(=O)O. The fourth-order valence-electron chi connectivity index (χ4n) is 3.38. The van der Waals surface area contributed by atoms with Gasteiger partial charge in [0.15, 0.2) is 0 Å². The molecule has 7 nitrogen and oxygen atoms in total. The molecule has 1 saturated heterocycles. The van der Waals surface area contributed by atoms with Gasteiger partial charge in [-0.25, -0.2) is 14.6 Å². The first kappa shape index (κ1) is 26.4. The largest absolute Gasteiger partial charge is 0.478 e. The molecule has 2 atom stereocenters. The lowest BCUT2D eigenvalue weighted by atomic mass is 10.1. The van der Waals surface area contributed by atoms with Crippen molar-refractivity contribution in [2.45, 2.75) is 16.4 Å². The number of ether oxygens (including phenoxy) is 1. The van der Waals surface area contributed by atoms with Gasteiger partial charge < -0.3 is 20.3 Å². The molecule has 182 valence electrons. The Morgan fingerprint density at radius 1 is 1.03 bits per heavy atom. The molecule has 3 aromatic rings. The normalized spacial score (nSPS) is 16.2. The highest BCUT2D eigenvalue weighted by atomic mass is 35.5. The number of carboxylic acid groups (broad SMARTS) is 2. The maximum absolute atomic E-state index is 9.55. The number of carbonyl (C=O) groups is 2. The third kappa shape index (κ3) is 8.52. The third-order valence-corrected chi connectivity index (χ3v) is 6.59. The Kier molecular flexibility index (Phi) is 10.3. The minimum Gasteiger partial charge on any atom is -0.478 e. The second-order valence-corrected chi connectivity index (χ2v) is 9.00. The molecule has 4 rings (SSSR count). The van der Waals surface area contributed by atoms with Crippen LogP contribution < -0.4 is 5.32 Å². The zero-order valence-corrected chi connectivity index (χ0v) is 20.3. The number of morpholine rings is 1. The van der Waals surface area contributed by atoms with E-state index in [-0.39, 0.29) is 11.4 Å². The van der Waals surface area contributed by atoms with E-state index in [1.165, 1.54) is 5.56 Å². The maximum Gasteiger partial charge on any atom is 0.328 e. The van der Waals surface area contributed by atoms with Crippen molar-refractivity contribution in [1.82, 2.24) is 10.3 Å². The smallest absolute Gasteiger partial charge is 0.328 e. The van der Waals surface area contributed by atoms with Crippen LogP contribution in [0, 0.1) is 0 Å². The van der Waals surface area contributed by atoms with Crippen LogP contribution in [0.3, 0.4) is 0 Å². The van der Waals surface area contributed by atoms with E-state index in [0.717, 1.165) is 40.9 Å². The molecule has 1 aliphatic rings. The molecule has 9 heteroatoms. The van der Waals surface area contributed by atoms with Crippen LogP contribution in [0.15, 0.2) is 90.1 Å². The number of hydrogen-bond acceptors (Lipinski definition) is 6. The van der Waals surface area contributed by atoms with Crippen molar-refractivity contribution >= 4 is 35.3 Å². The van der Waals surface area contributed by atoms with Crippen molar-refractivity contribution in [1.29, 1.82) is 0 Å². The summed E-state index contributed by atoms with van der Waals surface area (Å²) in [6, 6.07) is 22.5. The summed E-state index contributed by atoms with van der Waals surface area (Å²) >= 11 is 7.83. The minimum atomic E-state index is -1.26. The summed E-state index contributed by atoms with van der Waals surface area (Å²) in [6.07, 6.45) is 3.07. The van der Waals surface area contributed by atoms with Gasteiger partial charge >= 0.3 is 11.9 Å². The van der Waals surface area contributed by atoms with Crippen LogP contribution in [0.25, 0.3) is 11.1 Å². The molecule has 1 aromatic heterocycles. The molecule has 2 aromatic carbocycles. The number of carboxylic acids is 2. The van der Waals surface area contributed by atoms with Gasteiger partial charge in [0.25, 0.3) is 0 Å². The molecular weight excluding hydrogens is 488 g/mol. The molecule has 0 amide bonds. The van der Waals surface area contributed by atoms with Gasteiger partial charge in [-0.05, 0) is 29.3 Å². The van der Waals surface area contributed by atoms with Crippen molar-refractivity contribution in [3.8, 4) is 11.1 Å². The lowest BCUT2D eigenvalue weighted by Gasteiger charge is -2.31. The lowest BCUT2D eigenvalue weighted by Crippen LogP contribution is -2.41. The number of thioether (sulfide) groups is 1. The highest BCUT2D eigenvalue weighted by Crippen LogP contribution is 2.42. The van der Waals surface area contributed by atoms with E-state index in [0.29, 0.717) is 12.2 Å². The molecular formula is C26H25ClN2O5S. The van der Waals surface area contributed by atoms with E-state index in [2.05, 4.69) is 35.6 Å². The summed E-state index contributed by atoms with van der Waals surface area (Å²) in [7, 11) is 0. The van der Waals surface area contributed by atoms with Crippen LogP contribution in [-0.4, -0.2) is 52.9 Å². The Balaban J connectivity index is 0.000000371. The topological polar surface area (TPSA) is 109 Å². The molecule has 0 aliphatic carbocycles. The molecule has 0 spiro atoms. The molecule has 0 saturated carbocycles. The van der Waals surface area contributed by atoms with Gasteiger partial charge in [0.05, 0.1) is 18.0 Å². The second kappa shape index (κ2) is 13.7. The maximum atomic E-state index is 9.55. The number of aliphatic carboxylic acids is 2. The van der Waals surface area contributed by atoms with E-state index < -0.39 is 11.9 Å². The van der Waals surface area contributed by atoms with Gasteiger partial charge in [0.1, 0.15) is 5.03 Å². The summed E-state index contributed by atoms with van der Waals surface area (Å²) in [5, 5.41) is 21.0. The van der Waals surface area contributed by atoms with E-state index in [4.69, 9.17) is 31.5 Å². The Morgan fingerprint density at radius 3 is 2.31 bits per heavy atom. The van der Waals surface area contributed by atoms with Gasteiger partial charge in [-0.2, -0.15) is 0 Å². The number of rotatable bonds is 7. The molecule has 0 radical (unpaired) electrons. The zero-order valence-electron chi connectivity index (χ0n) is 18.7. The van der Waals surface area contributed by atoms with E-state index in [9.17, 15) is 9.59 Å². The Bertz CT molecular complexity index is 1120. The molecule has 0 unspecified atom stereocenters. The minimum absolute atomic E-state index is 0.103. The van der Waals surface area contributed by atoms with E-state index >= 15 is 0 Å². The Hall–Kier alpha value is -3.17. The first-order chi connectivity index (χ1) is 16.9. The van der Waals surface area contributed by atoms with Crippen molar-refractivity contribution in [3.63, 3.8) is 0 Å². The predicted octanol–water partition coefficient (Wildman–Crippen LogP) is 4.94. The van der Waals surface area contributed by atoms with Crippen molar-refractivity contribution in [2.24, 2.45) is 0 Å². The standard InChI is InChI=1S/C22H21ClN2OS.C4H4O4/c23-18-10-8-16(9-11-18)19-7-4-12-25-22(19)27-21(17-5-2-1-3-6-17)20-15-24-13-14-26-20;5-3(6)1-2-4(7)8/h1-12,20-21,24H,13-15H2;1-2H,(H,5,6)(H,7,8)/b;2-1+/t20-,21-;/m0./s1. The number of halogens is 1. The van der Waals surface area contributed by atoms with Gasteiger partial charge in [-0.1, -0.05) is 71.9 Å². The van der Waals surface area contributed by atoms with E-state index in [1.807, 2.05) is 42.6 Å². The second-order valence-electron chi connectivity index (χ2n) is 7.44. The van der Waals surface area contributed by atoms with Crippen LogP contribution in [0.2, 0.25) is 5.02 Å². The van der Waals surface area contributed by atoms with E-state index in [1.54, 1.807) is 11.8 Å². The average molecular weight is 513 g/mol. The first-order valence-corrected chi connectivity index (χ1v) is 12.1. The number of aromatic nitrogens is 1. The molecule has 0 bridgehead atoms. The Morgan fingerprint density at radius 2 is 1.71 bits per heavy atom. The summed E-state index contributed by atoms with van der Waals surface area (Å²) in [6.45, 7) is 2.48.